The second kappa shape index (κ2) is 7.64. The average molecular weight is 346 g/mol. The van der Waals surface area contributed by atoms with Crippen molar-refractivity contribution >= 4 is 23.2 Å². The van der Waals surface area contributed by atoms with Crippen LogP contribution in [0.25, 0.3) is 0 Å². The van der Waals surface area contributed by atoms with Gasteiger partial charge >= 0.3 is 0 Å². The Hall–Kier alpha value is -2.11. The van der Waals surface area contributed by atoms with E-state index in [9.17, 15) is 4.79 Å². The molecule has 2 aromatic rings. The summed E-state index contributed by atoms with van der Waals surface area (Å²) in [5.41, 5.74) is 1.84. The van der Waals surface area contributed by atoms with E-state index in [0.29, 0.717) is 11.7 Å². The molecule has 1 aromatic carbocycles. The SMILES string of the molecule is COc1ccc(NC(=O)[C@@H]2CCCN2Cc2ccc(Cl)nc2)cc1. The Bertz CT molecular complexity index is 688. The van der Waals surface area contributed by atoms with Crippen molar-refractivity contribution in [1.29, 1.82) is 0 Å². The van der Waals surface area contributed by atoms with Crippen LogP contribution in [0.2, 0.25) is 5.15 Å². The Labute approximate surface area is 146 Å². The lowest BCUT2D eigenvalue weighted by molar-refractivity contribution is -0.120. The first-order valence-corrected chi connectivity index (χ1v) is 8.33. The summed E-state index contributed by atoms with van der Waals surface area (Å²) in [6.45, 7) is 1.61. The maximum Gasteiger partial charge on any atom is 0.241 e. The number of halogens is 1. The van der Waals surface area contributed by atoms with E-state index in [1.807, 2.05) is 30.3 Å². The number of benzene rings is 1. The Morgan fingerprint density at radius 1 is 1.33 bits per heavy atom. The first kappa shape index (κ1) is 16.7. The standard InChI is InChI=1S/C18H20ClN3O2/c1-24-15-7-5-14(6-8-15)21-18(23)16-3-2-10-22(16)12-13-4-9-17(19)20-11-13/h4-9,11,16H,2-3,10,12H2,1H3,(H,21,23)/t16-/m0/s1. The van der Waals surface area contributed by atoms with Gasteiger partial charge in [-0.1, -0.05) is 17.7 Å². The third-order valence-electron chi connectivity index (χ3n) is 4.20. The van der Waals surface area contributed by atoms with Gasteiger partial charge in [0.1, 0.15) is 10.9 Å². The minimum Gasteiger partial charge on any atom is -0.497 e. The first-order chi connectivity index (χ1) is 11.7. The Morgan fingerprint density at radius 2 is 2.12 bits per heavy atom. The highest BCUT2D eigenvalue weighted by atomic mass is 35.5. The number of carbonyl (C=O) groups excluding carboxylic acids is 1. The highest BCUT2D eigenvalue weighted by molar-refractivity contribution is 6.29. The summed E-state index contributed by atoms with van der Waals surface area (Å²) in [7, 11) is 1.62. The van der Waals surface area contributed by atoms with Crippen molar-refractivity contribution in [1.82, 2.24) is 9.88 Å². The van der Waals surface area contributed by atoms with Crippen LogP contribution in [0.4, 0.5) is 5.69 Å². The highest BCUT2D eigenvalue weighted by Crippen LogP contribution is 2.22. The minimum atomic E-state index is -0.122. The molecule has 126 valence electrons. The largest absolute Gasteiger partial charge is 0.497 e. The van der Waals surface area contributed by atoms with Gasteiger partial charge < -0.3 is 10.1 Å². The molecule has 0 aliphatic carbocycles. The van der Waals surface area contributed by atoms with Crippen molar-refractivity contribution in [2.24, 2.45) is 0 Å². The Kier molecular flexibility index (Phi) is 5.33. The minimum absolute atomic E-state index is 0.0274. The summed E-state index contributed by atoms with van der Waals surface area (Å²) in [5, 5.41) is 3.47. The molecule has 1 aliphatic rings. The van der Waals surface area contributed by atoms with E-state index in [2.05, 4.69) is 15.2 Å². The van der Waals surface area contributed by atoms with E-state index in [-0.39, 0.29) is 11.9 Å². The fourth-order valence-corrected chi connectivity index (χ4v) is 3.06. The molecule has 0 saturated carbocycles. The lowest BCUT2D eigenvalue weighted by Gasteiger charge is -2.23. The molecule has 1 aliphatic heterocycles. The lowest BCUT2D eigenvalue weighted by Crippen LogP contribution is -2.39. The van der Waals surface area contributed by atoms with E-state index in [4.69, 9.17) is 16.3 Å². The number of nitrogens with one attached hydrogen (secondary N) is 1. The maximum absolute atomic E-state index is 12.6. The number of anilines is 1. The Balaban J connectivity index is 1.63. The number of pyridine rings is 1. The molecule has 1 aromatic heterocycles. The van der Waals surface area contributed by atoms with Crippen LogP contribution >= 0.6 is 11.6 Å². The monoisotopic (exact) mass is 345 g/mol. The lowest BCUT2D eigenvalue weighted by atomic mass is 10.2. The van der Waals surface area contributed by atoms with Gasteiger partial charge in [-0.15, -0.1) is 0 Å². The molecule has 1 fully saturated rings. The molecule has 5 nitrogen and oxygen atoms in total. The van der Waals surface area contributed by atoms with Gasteiger partial charge in [-0.3, -0.25) is 9.69 Å². The molecule has 3 rings (SSSR count). The van der Waals surface area contributed by atoms with Gasteiger partial charge in [0.2, 0.25) is 5.91 Å². The predicted molar refractivity (Wildman–Crippen MR) is 94.3 cm³/mol. The zero-order valence-electron chi connectivity index (χ0n) is 13.5. The quantitative estimate of drug-likeness (QED) is 0.844. The molecular formula is C18H20ClN3O2. The number of methoxy groups -OCH3 is 1. The van der Waals surface area contributed by atoms with E-state index < -0.39 is 0 Å². The van der Waals surface area contributed by atoms with E-state index >= 15 is 0 Å². The smallest absolute Gasteiger partial charge is 0.241 e. The highest BCUT2D eigenvalue weighted by Gasteiger charge is 2.30. The van der Waals surface area contributed by atoms with Gasteiger partial charge in [0.25, 0.3) is 0 Å². The molecule has 0 unspecified atom stereocenters. The number of likely N-dealkylation sites (tertiary alicyclic amines) is 1. The van der Waals surface area contributed by atoms with Gasteiger partial charge in [0.05, 0.1) is 13.2 Å². The molecule has 1 atom stereocenters. The number of rotatable bonds is 5. The number of amides is 1. The van der Waals surface area contributed by atoms with Crippen molar-refractivity contribution < 1.29 is 9.53 Å². The summed E-state index contributed by atoms with van der Waals surface area (Å²) in [4.78, 5) is 18.9. The molecule has 0 radical (unpaired) electrons. The first-order valence-electron chi connectivity index (χ1n) is 7.95. The second-order valence-corrected chi connectivity index (χ2v) is 6.22. The third-order valence-corrected chi connectivity index (χ3v) is 4.42. The van der Waals surface area contributed by atoms with Crippen LogP contribution in [0.15, 0.2) is 42.6 Å². The number of aromatic nitrogens is 1. The molecule has 6 heteroatoms. The fourth-order valence-electron chi connectivity index (χ4n) is 2.95. The summed E-state index contributed by atoms with van der Waals surface area (Å²) in [6.07, 6.45) is 3.64. The number of hydrogen-bond donors (Lipinski definition) is 1. The van der Waals surface area contributed by atoms with E-state index in [1.165, 1.54) is 0 Å². The summed E-state index contributed by atoms with van der Waals surface area (Å²) in [5.74, 6) is 0.797. The second-order valence-electron chi connectivity index (χ2n) is 5.84. The van der Waals surface area contributed by atoms with Crippen LogP contribution in [-0.4, -0.2) is 35.5 Å². The van der Waals surface area contributed by atoms with Crippen LogP contribution < -0.4 is 10.1 Å². The molecule has 0 bridgehead atoms. The van der Waals surface area contributed by atoms with Crippen LogP contribution in [0.3, 0.4) is 0 Å². The third kappa shape index (κ3) is 4.04. The summed E-state index contributed by atoms with van der Waals surface area (Å²) in [6, 6.07) is 11.0. The van der Waals surface area contributed by atoms with Crippen molar-refractivity contribution in [2.75, 3.05) is 19.0 Å². The average Bonchev–Trinajstić information content (AvgIpc) is 3.06. The number of hydrogen-bond acceptors (Lipinski definition) is 4. The molecule has 24 heavy (non-hydrogen) atoms. The molecule has 0 spiro atoms. The number of nitrogens with zero attached hydrogens (tertiary/aromatic N) is 2. The normalized spacial score (nSPS) is 17.7. The van der Waals surface area contributed by atoms with Gasteiger partial charge in [-0.05, 0) is 55.3 Å². The number of ether oxygens (including phenoxy) is 1. The topological polar surface area (TPSA) is 54.5 Å². The Morgan fingerprint density at radius 3 is 2.79 bits per heavy atom. The van der Waals surface area contributed by atoms with Gasteiger partial charge in [-0.2, -0.15) is 0 Å². The van der Waals surface area contributed by atoms with Gasteiger partial charge in [-0.25, -0.2) is 4.98 Å². The number of carbonyl (C=O) groups is 1. The van der Waals surface area contributed by atoms with Crippen molar-refractivity contribution in [3.8, 4) is 5.75 Å². The zero-order valence-corrected chi connectivity index (χ0v) is 14.3. The van der Waals surface area contributed by atoms with Gasteiger partial charge in [0, 0.05) is 18.4 Å². The van der Waals surface area contributed by atoms with E-state index in [1.54, 1.807) is 19.4 Å². The summed E-state index contributed by atoms with van der Waals surface area (Å²) >= 11 is 5.82. The molecule has 1 N–H and O–H groups in total. The van der Waals surface area contributed by atoms with Crippen LogP contribution in [0.5, 0.6) is 5.75 Å². The van der Waals surface area contributed by atoms with Crippen LogP contribution in [0, 0.1) is 0 Å². The molecule has 1 saturated heterocycles. The summed E-state index contributed by atoms with van der Waals surface area (Å²) < 4.78 is 5.13. The maximum atomic E-state index is 12.6. The fraction of sp³-hybridized carbons (Fsp3) is 0.333. The molecule has 2 heterocycles. The zero-order chi connectivity index (χ0) is 16.9. The molecule has 1 amide bonds. The van der Waals surface area contributed by atoms with Crippen molar-refractivity contribution in [3.05, 3.63) is 53.3 Å². The molecular weight excluding hydrogens is 326 g/mol. The van der Waals surface area contributed by atoms with Gasteiger partial charge in [0.15, 0.2) is 0 Å². The van der Waals surface area contributed by atoms with Crippen LogP contribution in [-0.2, 0) is 11.3 Å². The van der Waals surface area contributed by atoms with Crippen LogP contribution in [0.1, 0.15) is 18.4 Å². The predicted octanol–water partition coefficient (Wildman–Crippen LogP) is 3.35. The van der Waals surface area contributed by atoms with Crippen molar-refractivity contribution in [3.63, 3.8) is 0 Å². The van der Waals surface area contributed by atoms with E-state index in [0.717, 1.165) is 36.4 Å². The van der Waals surface area contributed by atoms with Crippen molar-refractivity contribution in [2.45, 2.75) is 25.4 Å².